The number of nitrogens with zero attached hydrogens (tertiary/aromatic N) is 1. The van der Waals surface area contributed by atoms with Crippen molar-refractivity contribution in [2.75, 3.05) is 7.05 Å². The molecule has 0 N–H and O–H groups in total. The molecule has 0 aliphatic rings. The molecule has 0 aliphatic heterocycles. The SMILES string of the molecule is C#CC.C/C=C\C(C)=NC.CC.CC. The summed E-state index contributed by atoms with van der Waals surface area (Å²) in [4.78, 5) is 3.91. The first kappa shape index (κ1) is 23.1. The van der Waals surface area contributed by atoms with Gasteiger partial charge in [-0.2, -0.15) is 0 Å². The topological polar surface area (TPSA) is 12.4 Å². The van der Waals surface area contributed by atoms with Crippen LogP contribution in [0.25, 0.3) is 0 Å². The molecule has 0 atom stereocenters. The van der Waals surface area contributed by atoms with E-state index in [9.17, 15) is 0 Å². The molecule has 0 unspecified atom stereocenters. The van der Waals surface area contributed by atoms with Crippen molar-refractivity contribution in [1.82, 2.24) is 0 Å². The first-order valence-corrected chi connectivity index (χ1v) is 5.16. The van der Waals surface area contributed by atoms with Crippen LogP contribution in [-0.4, -0.2) is 12.8 Å². The van der Waals surface area contributed by atoms with Crippen molar-refractivity contribution >= 4 is 5.71 Å². The Morgan fingerprint density at radius 1 is 1.21 bits per heavy atom. The highest BCUT2D eigenvalue weighted by Crippen LogP contribution is 1.75. The lowest BCUT2D eigenvalue weighted by atomic mass is 10.4. The first-order chi connectivity index (χ1) is 6.72. The van der Waals surface area contributed by atoms with Gasteiger partial charge in [0, 0.05) is 12.8 Å². The fourth-order valence-electron chi connectivity index (χ4n) is 0.316. The quantitative estimate of drug-likeness (QED) is 0.438. The van der Waals surface area contributed by atoms with Crippen molar-refractivity contribution in [2.24, 2.45) is 4.99 Å². The van der Waals surface area contributed by atoms with Gasteiger partial charge in [-0.05, 0) is 26.8 Å². The van der Waals surface area contributed by atoms with Crippen LogP contribution in [0.15, 0.2) is 17.1 Å². The monoisotopic (exact) mass is 197 g/mol. The van der Waals surface area contributed by atoms with Gasteiger partial charge in [-0.3, -0.25) is 4.99 Å². The van der Waals surface area contributed by atoms with E-state index in [4.69, 9.17) is 0 Å². The van der Waals surface area contributed by atoms with Crippen LogP contribution < -0.4 is 0 Å². The van der Waals surface area contributed by atoms with Crippen molar-refractivity contribution in [2.45, 2.75) is 48.5 Å². The molecule has 0 bridgehead atoms. The summed E-state index contributed by atoms with van der Waals surface area (Å²) in [7, 11) is 1.79. The van der Waals surface area contributed by atoms with E-state index in [1.807, 2.05) is 53.7 Å². The number of aliphatic imine (C=N–C) groups is 1. The zero-order valence-corrected chi connectivity index (χ0v) is 11.2. The highest BCUT2D eigenvalue weighted by atomic mass is 14.7. The summed E-state index contributed by atoms with van der Waals surface area (Å²) in [6.07, 6.45) is 8.54. The average molecular weight is 197 g/mol. The second kappa shape index (κ2) is 40.4. The van der Waals surface area contributed by atoms with E-state index in [1.54, 1.807) is 14.0 Å². The Morgan fingerprint density at radius 2 is 1.50 bits per heavy atom. The maximum Gasteiger partial charge on any atom is 0.0310 e. The molecule has 0 saturated carbocycles. The fourth-order valence-corrected chi connectivity index (χ4v) is 0.316. The zero-order valence-electron chi connectivity index (χ0n) is 11.2. The van der Waals surface area contributed by atoms with E-state index in [2.05, 4.69) is 17.3 Å². The van der Waals surface area contributed by atoms with Crippen LogP contribution in [0, 0.1) is 12.3 Å². The number of hydrogen-bond donors (Lipinski definition) is 0. The molecule has 0 amide bonds. The third-order valence-corrected chi connectivity index (χ3v) is 0.761. The van der Waals surface area contributed by atoms with E-state index < -0.39 is 0 Å². The van der Waals surface area contributed by atoms with E-state index in [1.165, 1.54) is 0 Å². The van der Waals surface area contributed by atoms with Gasteiger partial charge in [0.05, 0.1) is 0 Å². The number of hydrogen-bond acceptors (Lipinski definition) is 1. The molecule has 0 heterocycles. The molecule has 0 aliphatic carbocycles. The van der Waals surface area contributed by atoms with E-state index in [-0.39, 0.29) is 0 Å². The van der Waals surface area contributed by atoms with Gasteiger partial charge in [0.25, 0.3) is 0 Å². The van der Waals surface area contributed by atoms with Crippen molar-refractivity contribution in [3.05, 3.63) is 12.2 Å². The van der Waals surface area contributed by atoms with Gasteiger partial charge in [-0.15, -0.1) is 12.3 Å². The summed E-state index contributed by atoms with van der Waals surface area (Å²) in [6, 6.07) is 0. The molecular formula is C13H27N. The summed E-state index contributed by atoms with van der Waals surface area (Å²) in [6.45, 7) is 13.6. The molecule has 0 aromatic heterocycles. The zero-order chi connectivity index (χ0) is 12.4. The number of rotatable bonds is 1. The molecule has 0 aromatic rings. The Hall–Kier alpha value is -1.03. The van der Waals surface area contributed by atoms with Crippen LogP contribution in [0.3, 0.4) is 0 Å². The van der Waals surface area contributed by atoms with Crippen LogP contribution >= 0.6 is 0 Å². The Labute approximate surface area is 91.3 Å². The first-order valence-electron chi connectivity index (χ1n) is 5.16. The van der Waals surface area contributed by atoms with Crippen LogP contribution in [0.5, 0.6) is 0 Å². The van der Waals surface area contributed by atoms with E-state index in [0.717, 1.165) is 5.71 Å². The molecule has 1 nitrogen and oxygen atoms in total. The van der Waals surface area contributed by atoms with Gasteiger partial charge in [-0.25, -0.2) is 0 Å². The molecule has 0 aromatic carbocycles. The normalized spacial score (nSPS) is 8.07. The molecular weight excluding hydrogens is 170 g/mol. The lowest BCUT2D eigenvalue weighted by molar-refractivity contribution is 1.43. The molecule has 0 radical (unpaired) electrons. The summed E-state index contributed by atoms with van der Waals surface area (Å²) >= 11 is 0. The maximum absolute atomic E-state index is 4.60. The van der Waals surface area contributed by atoms with Gasteiger partial charge in [-0.1, -0.05) is 33.8 Å². The predicted octanol–water partition coefficient (Wildman–Crippen LogP) is 4.35. The highest BCUT2D eigenvalue weighted by molar-refractivity contribution is 5.92. The highest BCUT2D eigenvalue weighted by Gasteiger charge is 1.71. The summed E-state index contributed by atoms with van der Waals surface area (Å²) < 4.78 is 0. The lowest BCUT2D eigenvalue weighted by Gasteiger charge is -1.80. The summed E-state index contributed by atoms with van der Waals surface area (Å²) in [5.41, 5.74) is 1.07. The van der Waals surface area contributed by atoms with Gasteiger partial charge in [0.2, 0.25) is 0 Å². The Morgan fingerprint density at radius 3 is 1.57 bits per heavy atom. The van der Waals surface area contributed by atoms with Gasteiger partial charge >= 0.3 is 0 Å². The minimum absolute atomic E-state index is 1.07. The van der Waals surface area contributed by atoms with Crippen LogP contribution in [0.2, 0.25) is 0 Å². The summed E-state index contributed by atoms with van der Waals surface area (Å²) in [5.74, 6) is 2.25. The van der Waals surface area contributed by atoms with Crippen molar-refractivity contribution in [3.8, 4) is 12.3 Å². The lowest BCUT2D eigenvalue weighted by Crippen LogP contribution is -1.79. The van der Waals surface area contributed by atoms with Crippen LogP contribution in [-0.2, 0) is 0 Å². The second-order valence-electron chi connectivity index (χ2n) is 1.65. The molecule has 0 spiro atoms. The fraction of sp³-hybridized carbons (Fsp3) is 0.615. The molecule has 14 heavy (non-hydrogen) atoms. The predicted molar refractivity (Wildman–Crippen MR) is 71.1 cm³/mol. The maximum atomic E-state index is 4.60. The van der Waals surface area contributed by atoms with Crippen molar-refractivity contribution < 1.29 is 0 Å². The van der Waals surface area contributed by atoms with Gasteiger partial charge < -0.3 is 0 Å². The molecule has 0 saturated heterocycles. The molecule has 0 fully saturated rings. The average Bonchev–Trinajstić information content (AvgIpc) is 2.25. The van der Waals surface area contributed by atoms with Gasteiger partial charge in [0.1, 0.15) is 0 Å². The van der Waals surface area contributed by atoms with Crippen LogP contribution in [0.4, 0.5) is 0 Å². The third-order valence-electron chi connectivity index (χ3n) is 0.761. The number of allylic oxidation sites excluding steroid dienone is 2. The molecule has 0 rings (SSSR count). The molecule has 1 heteroatoms. The van der Waals surface area contributed by atoms with E-state index in [0.29, 0.717) is 0 Å². The Bertz CT molecular complexity index is 147. The third kappa shape index (κ3) is 69.2. The minimum Gasteiger partial charge on any atom is -0.293 e. The van der Waals surface area contributed by atoms with Crippen molar-refractivity contribution in [3.63, 3.8) is 0 Å². The number of terminal acetylenes is 1. The largest absolute Gasteiger partial charge is 0.293 e. The molecule has 84 valence electrons. The Kier molecular flexibility index (Phi) is 66.7. The second-order valence-corrected chi connectivity index (χ2v) is 1.65. The standard InChI is InChI=1S/C6H11N.C3H4.2C2H6/c1-4-5-6(2)7-3;1-3-2;2*1-2/h4-5H,1-3H3;1H,2H3;2*1-2H3/b5-4-,7-6?;;;. The Balaban J connectivity index is -0.0000000603. The van der Waals surface area contributed by atoms with E-state index >= 15 is 0 Å². The van der Waals surface area contributed by atoms with Crippen molar-refractivity contribution in [1.29, 1.82) is 0 Å². The smallest absolute Gasteiger partial charge is 0.0310 e. The summed E-state index contributed by atoms with van der Waals surface area (Å²) in [5, 5.41) is 0. The van der Waals surface area contributed by atoms with Gasteiger partial charge in [0.15, 0.2) is 0 Å². The minimum atomic E-state index is 1.07. The van der Waals surface area contributed by atoms with Crippen LogP contribution in [0.1, 0.15) is 48.5 Å².